The first-order valence-corrected chi connectivity index (χ1v) is 14.0. The van der Waals surface area contributed by atoms with Crippen LogP contribution in [0.3, 0.4) is 0 Å². The first-order valence-electron chi connectivity index (χ1n) is 11.6. The van der Waals surface area contributed by atoms with Crippen LogP contribution in [0.1, 0.15) is 43.9 Å². The molecule has 1 aliphatic carbocycles. The van der Waals surface area contributed by atoms with Crippen LogP contribution in [0.5, 0.6) is 5.75 Å². The molecule has 1 saturated heterocycles. The predicted octanol–water partition coefficient (Wildman–Crippen LogP) is 3.47. The van der Waals surface area contributed by atoms with Gasteiger partial charge in [-0.1, -0.05) is 0 Å². The molecule has 2 fully saturated rings. The Kier molecular flexibility index (Phi) is 5.74. The van der Waals surface area contributed by atoms with E-state index >= 15 is 0 Å². The molecule has 0 unspecified atom stereocenters. The van der Waals surface area contributed by atoms with Gasteiger partial charge in [-0.2, -0.15) is 0 Å². The van der Waals surface area contributed by atoms with Crippen LogP contribution in [0.25, 0.3) is 11.0 Å². The van der Waals surface area contributed by atoms with Gasteiger partial charge in [0.25, 0.3) is 0 Å². The summed E-state index contributed by atoms with van der Waals surface area (Å²) >= 11 is 0. The summed E-state index contributed by atoms with van der Waals surface area (Å²) in [5.74, 6) is 1.24. The zero-order valence-electron chi connectivity index (χ0n) is 19.4. The number of hydrogen-bond donors (Lipinski definition) is 3. The van der Waals surface area contributed by atoms with Crippen molar-refractivity contribution in [1.29, 1.82) is 5.26 Å². The third kappa shape index (κ3) is 4.17. The molecule has 9 heteroatoms. The third-order valence-corrected chi connectivity index (χ3v) is 10.4. The van der Waals surface area contributed by atoms with Gasteiger partial charge in [0.15, 0.2) is 0 Å². The Morgan fingerprint density at radius 3 is 2.67 bits per heavy atom. The molecule has 3 heterocycles. The number of anilines is 2. The predicted molar refractivity (Wildman–Crippen MR) is 133 cm³/mol. The van der Waals surface area contributed by atoms with E-state index in [1.165, 1.54) is 12.8 Å². The quantitative estimate of drug-likeness (QED) is 0.477. The first-order chi connectivity index (χ1) is 15.9. The number of rotatable bonds is 6. The van der Waals surface area contributed by atoms with E-state index < -0.39 is 7.49 Å². The molecule has 5 rings (SSSR count). The van der Waals surface area contributed by atoms with Gasteiger partial charge in [0.2, 0.25) is 0 Å². The number of nitrogens with zero attached hydrogens (tertiary/aromatic N) is 4. The van der Waals surface area contributed by atoms with Crippen molar-refractivity contribution in [3.05, 3.63) is 35.7 Å². The third-order valence-electron chi connectivity index (χ3n) is 6.90. The Morgan fingerprint density at radius 1 is 1.27 bits per heavy atom. The SMILES string of the molecule is COc1cc([PH]2(O)CCN(C3CC3)CC2)ccc1Nc1nc(C(C)C)c2c(C#N)c[nH]c2n1. The topological polar surface area (TPSA) is 110 Å². The second kappa shape index (κ2) is 8.57. The van der Waals surface area contributed by atoms with Crippen LogP contribution in [0.2, 0.25) is 0 Å². The van der Waals surface area contributed by atoms with Crippen LogP contribution >= 0.6 is 7.49 Å². The average Bonchev–Trinajstić information content (AvgIpc) is 3.58. The van der Waals surface area contributed by atoms with Crippen LogP contribution in [-0.2, 0) is 0 Å². The van der Waals surface area contributed by atoms with Crippen LogP contribution in [-0.4, -0.2) is 63.3 Å². The number of aromatic nitrogens is 3. The molecule has 174 valence electrons. The Balaban J connectivity index is 1.42. The van der Waals surface area contributed by atoms with Crippen LogP contribution < -0.4 is 15.4 Å². The number of aromatic amines is 1. The van der Waals surface area contributed by atoms with Crippen molar-refractivity contribution in [1.82, 2.24) is 19.9 Å². The van der Waals surface area contributed by atoms with Crippen molar-refractivity contribution in [2.24, 2.45) is 0 Å². The van der Waals surface area contributed by atoms with Gasteiger partial charge in [0.05, 0.1) is 0 Å². The fraction of sp³-hybridized carbons (Fsp3) is 0.458. The molecule has 0 spiro atoms. The Bertz CT molecular complexity index is 1220. The number of nitriles is 1. The summed E-state index contributed by atoms with van der Waals surface area (Å²) < 4.78 is 5.68. The van der Waals surface area contributed by atoms with Gasteiger partial charge in [0, 0.05) is 0 Å². The number of ether oxygens (including phenoxy) is 1. The van der Waals surface area contributed by atoms with Crippen molar-refractivity contribution in [3.8, 4) is 11.8 Å². The molecule has 0 amide bonds. The maximum atomic E-state index is 11.5. The number of fused-ring (bicyclic) bond motifs is 1. The van der Waals surface area contributed by atoms with E-state index in [1.54, 1.807) is 13.3 Å². The van der Waals surface area contributed by atoms with E-state index in [9.17, 15) is 10.2 Å². The number of benzene rings is 1. The van der Waals surface area contributed by atoms with E-state index in [4.69, 9.17) is 9.72 Å². The molecule has 2 aromatic heterocycles. The molecular weight excluding hydrogens is 435 g/mol. The summed E-state index contributed by atoms with van der Waals surface area (Å²) in [6, 6.07) is 8.91. The Hall–Kier alpha value is -2.72. The van der Waals surface area contributed by atoms with Gasteiger partial charge in [-0.3, -0.25) is 0 Å². The number of hydrogen-bond acceptors (Lipinski definition) is 7. The fourth-order valence-corrected chi connectivity index (χ4v) is 7.75. The van der Waals surface area contributed by atoms with E-state index in [-0.39, 0.29) is 5.92 Å². The summed E-state index contributed by atoms with van der Waals surface area (Å²) in [4.78, 5) is 26.4. The molecule has 2 aliphatic rings. The summed E-state index contributed by atoms with van der Waals surface area (Å²) in [7, 11) is -0.875. The van der Waals surface area contributed by atoms with Crippen molar-refractivity contribution in [2.45, 2.75) is 38.6 Å². The first kappa shape index (κ1) is 22.1. The molecule has 0 atom stereocenters. The molecular formula is C24H31N6O2P. The minimum absolute atomic E-state index is 0.130. The normalized spacial score (nSPS) is 19.4. The molecule has 1 aliphatic heterocycles. The minimum atomic E-state index is -2.51. The number of methoxy groups -OCH3 is 1. The van der Waals surface area contributed by atoms with Crippen LogP contribution in [0.4, 0.5) is 11.6 Å². The van der Waals surface area contributed by atoms with Gasteiger partial charge in [-0.05, 0) is 0 Å². The molecule has 3 aromatic rings. The van der Waals surface area contributed by atoms with Crippen molar-refractivity contribution < 1.29 is 9.63 Å². The molecule has 1 aromatic carbocycles. The summed E-state index contributed by atoms with van der Waals surface area (Å²) in [5, 5.41) is 14.5. The van der Waals surface area contributed by atoms with Gasteiger partial charge >= 0.3 is 194 Å². The average molecular weight is 467 g/mol. The fourth-order valence-electron chi connectivity index (χ4n) is 4.81. The number of H-pyrrole nitrogens is 1. The standard InChI is InChI=1S/C24H31N6O2P/c1-15(2)22-21-16(13-25)14-26-23(21)29-24(28-22)27-19-7-6-18(12-20(19)32-3)33(31)10-8-30(9-11-33)17-4-5-17/h6-7,12,14-15,17,31,33H,4-5,8-11H2,1-3H3,(H2,26,27,28,29). The van der Waals surface area contributed by atoms with E-state index in [0.717, 1.165) is 53.5 Å². The van der Waals surface area contributed by atoms with E-state index in [0.29, 0.717) is 22.9 Å². The maximum absolute atomic E-state index is 11.5. The molecule has 0 radical (unpaired) electrons. The summed E-state index contributed by atoms with van der Waals surface area (Å²) in [5.41, 5.74) is 2.75. The molecule has 33 heavy (non-hydrogen) atoms. The number of nitrogens with one attached hydrogen (secondary N) is 2. The summed E-state index contributed by atoms with van der Waals surface area (Å²) in [6.45, 7) is 6.08. The van der Waals surface area contributed by atoms with Crippen LogP contribution in [0, 0.1) is 11.3 Å². The second-order valence-electron chi connectivity index (χ2n) is 9.46. The van der Waals surface area contributed by atoms with Crippen LogP contribution in [0.15, 0.2) is 24.4 Å². The molecule has 0 bridgehead atoms. The van der Waals surface area contributed by atoms with Crippen molar-refractivity contribution in [2.75, 3.05) is 37.8 Å². The van der Waals surface area contributed by atoms with Gasteiger partial charge in [0.1, 0.15) is 0 Å². The molecule has 1 saturated carbocycles. The van der Waals surface area contributed by atoms with Crippen molar-refractivity contribution >= 4 is 35.5 Å². The second-order valence-corrected chi connectivity index (χ2v) is 13.1. The van der Waals surface area contributed by atoms with Gasteiger partial charge in [-0.25, -0.2) is 0 Å². The van der Waals surface area contributed by atoms with Gasteiger partial charge < -0.3 is 0 Å². The van der Waals surface area contributed by atoms with E-state index in [1.807, 2.05) is 18.2 Å². The monoisotopic (exact) mass is 466 g/mol. The molecule has 8 nitrogen and oxygen atoms in total. The van der Waals surface area contributed by atoms with Gasteiger partial charge in [-0.15, -0.1) is 0 Å². The molecule has 3 N–H and O–H groups in total. The summed E-state index contributed by atoms with van der Waals surface area (Å²) in [6.07, 6.45) is 6.02. The zero-order valence-corrected chi connectivity index (χ0v) is 20.4. The van der Waals surface area contributed by atoms with E-state index in [2.05, 4.69) is 40.1 Å². The zero-order chi connectivity index (χ0) is 23.2. The Morgan fingerprint density at radius 2 is 2.03 bits per heavy atom. The van der Waals surface area contributed by atoms with Crippen molar-refractivity contribution in [3.63, 3.8) is 0 Å². The Labute approximate surface area is 194 Å².